The second-order valence-electron chi connectivity index (χ2n) is 8.05. The molecule has 2 aromatic heterocycles. The first-order valence-electron chi connectivity index (χ1n) is 11.1. The number of hydrogen-bond donors (Lipinski definition) is 3. The molecule has 3 heterocycles. The summed E-state index contributed by atoms with van der Waals surface area (Å²) in [6.07, 6.45) is 3.79. The fourth-order valence-electron chi connectivity index (χ4n) is 4.13. The number of carbonyl (C=O) groups is 1. The molecule has 1 aliphatic rings. The Morgan fingerprint density at radius 3 is 2.62 bits per heavy atom. The first-order chi connectivity index (χ1) is 16.6. The van der Waals surface area contributed by atoms with E-state index in [0.717, 1.165) is 30.0 Å². The van der Waals surface area contributed by atoms with Crippen LogP contribution in [0.3, 0.4) is 0 Å². The molecule has 0 bridgehead atoms. The maximum atomic E-state index is 13.6. The molecular formula is C26H25N5O3. The third-order valence-electron chi connectivity index (χ3n) is 5.92. The van der Waals surface area contributed by atoms with Gasteiger partial charge in [-0.2, -0.15) is 5.10 Å². The number of ether oxygens (including phenoxy) is 1. The molecule has 1 amide bonds. The Morgan fingerprint density at radius 1 is 1.09 bits per heavy atom. The van der Waals surface area contributed by atoms with Crippen LogP contribution < -0.4 is 10.1 Å². The van der Waals surface area contributed by atoms with E-state index in [4.69, 9.17) is 9.72 Å². The number of phenolic OH excluding ortho intramolecular Hbond substituents is 1. The first kappa shape index (κ1) is 21.7. The zero-order valence-corrected chi connectivity index (χ0v) is 18.8. The molecule has 172 valence electrons. The van der Waals surface area contributed by atoms with Crippen LogP contribution in [-0.4, -0.2) is 64.4 Å². The number of hydrogen-bond acceptors (Lipinski definition) is 6. The number of piperazine rings is 1. The Kier molecular flexibility index (Phi) is 5.97. The van der Waals surface area contributed by atoms with Crippen LogP contribution in [0.2, 0.25) is 0 Å². The van der Waals surface area contributed by atoms with Gasteiger partial charge in [-0.15, -0.1) is 0 Å². The Labute approximate surface area is 196 Å². The Balaban J connectivity index is 1.62. The number of H-pyrrole nitrogens is 1. The number of nitrogens with zero attached hydrogens (tertiary/aromatic N) is 3. The normalized spacial score (nSPS) is 14.1. The van der Waals surface area contributed by atoms with Crippen molar-refractivity contribution in [3.05, 3.63) is 71.4 Å². The van der Waals surface area contributed by atoms with Crippen LogP contribution in [0.5, 0.6) is 11.5 Å². The van der Waals surface area contributed by atoms with Crippen molar-refractivity contribution in [1.29, 1.82) is 0 Å². The number of aromatic hydroxyl groups is 1. The molecule has 0 aliphatic carbocycles. The molecule has 1 fully saturated rings. The van der Waals surface area contributed by atoms with E-state index in [0.29, 0.717) is 41.1 Å². The van der Waals surface area contributed by atoms with E-state index >= 15 is 0 Å². The number of amides is 1. The average Bonchev–Trinajstić information content (AvgIpc) is 3.30. The Bertz CT molecular complexity index is 1350. The standard InChI is InChI=1S/C26H25N5O3/c1-34-23-5-3-2-4-18(23)8-11-21-24-20(26(33)31-14-12-27-13-15-31)16-22(28-25(24)30-29-21)17-6-9-19(32)10-7-17/h2-11,16,27,32H,12-15H2,1H3,(H,28,29,30). The van der Waals surface area contributed by atoms with Crippen molar-refractivity contribution >= 4 is 29.1 Å². The number of benzene rings is 2. The third kappa shape index (κ3) is 4.23. The van der Waals surface area contributed by atoms with Gasteiger partial charge in [-0.1, -0.05) is 18.2 Å². The zero-order valence-electron chi connectivity index (χ0n) is 18.8. The number of para-hydroxylation sites is 1. The summed E-state index contributed by atoms with van der Waals surface area (Å²) in [5.74, 6) is 0.873. The lowest BCUT2D eigenvalue weighted by Crippen LogP contribution is -2.46. The summed E-state index contributed by atoms with van der Waals surface area (Å²) in [6, 6.07) is 16.3. The predicted molar refractivity (Wildman–Crippen MR) is 132 cm³/mol. The molecule has 5 rings (SSSR count). The number of aromatic amines is 1. The highest BCUT2D eigenvalue weighted by Crippen LogP contribution is 2.29. The Hall–Kier alpha value is -4.17. The molecular weight excluding hydrogens is 430 g/mol. The molecule has 2 aromatic carbocycles. The molecule has 34 heavy (non-hydrogen) atoms. The fourth-order valence-corrected chi connectivity index (χ4v) is 4.13. The molecule has 0 atom stereocenters. The van der Waals surface area contributed by atoms with Crippen LogP contribution in [0.4, 0.5) is 0 Å². The van der Waals surface area contributed by atoms with Crippen LogP contribution in [0, 0.1) is 0 Å². The lowest BCUT2D eigenvalue weighted by molar-refractivity contribution is 0.0737. The molecule has 0 spiro atoms. The minimum atomic E-state index is -0.0535. The van der Waals surface area contributed by atoms with E-state index in [-0.39, 0.29) is 11.7 Å². The minimum absolute atomic E-state index is 0.0535. The topological polar surface area (TPSA) is 103 Å². The van der Waals surface area contributed by atoms with Crippen LogP contribution in [0.15, 0.2) is 54.6 Å². The van der Waals surface area contributed by atoms with Crippen molar-refractivity contribution < 1.29 is 14.6 Å². The van der Waals surface area contributed by atoms with Crippen molar-refractivity contribution in [2.24, 2.45) is 0 Å². The monoisotopic (exact) mass is 455 g/mol. The van der Waals surface area contributed by atoms with Crippen molar-refractivity contribution in [2.45, 2.75) is 0 Å². The Morgan fingerprint density at radius 2 is 1.85 bits per heavy atom. The molecule has 3 N–H and O–H groups in total. The molecule has 1 saturated heterocycles. The first-order valence-corrected chi connectivity index (χ1v) is 11.1. The van der Waals surface area contributed by atoms with E-state index in [1.165, 1.54) is 0 Å². The summed E-state index contributed by atoms with van der Waals surface area (Å²) in [5, 5.41) is 21.1. The van der Waals surface area contributed by atoms with Crippen molar-refractivity contribution in [3.8, 4) is 22.8 Å². The van der Waals surface area contributed by atoms with E-state index in [1.807, 2.05) is 47.4 Å². The third-order valence-corrected chi connectivity index (χ3v) is 5.92. The maximum absolute atomic E-state index is 13.6. The van der Waals surface area contributed by atoms with Gasteiger partial charge in [0.2, 0.25) is 0 Å². The smallest absolute Gasteiger partial charge is 0.254 e. The molecule has 8 nitrogen and oxygen atoms in total. The quantitative estimate of drug-likeness (QED) is 0.425. The molecule has 4 aromatic rings. The predicted octanol–water partition coefficient (Wildman–Crippen LogP) is 3.55. The van der Waals surface area contributed by atoms with Gasteiger partial charge in [0.25, 0.3) is 5.91 Å². The number of phenols is 1. The second kappa shape index (κ2) is 9.36. The lowest BCUT2D eigenvalue weighted by atomic mass is 10.0. The van der Waals surface area contributed by atoms with Gasteiger partial charge in [0, 0.05) is 37.3 Å². The SMILES string of the molecule is COc1ccccc1C=Cc1n[nH]c2nc(-c3ccc(O)cc3)cc(C(=O)N3CCNCC3)c12. The van der Waals surface area contributed by atoms with Crippen LogP contribution >= 0.6 is 0 Å². The summed E-state index contributed by atoms with van der Waals surface area (Å²) < 4.78 is 5.44. The number of pyridine rings is 1. The minimum Gasteiger partial charge on any atom is -0.508 e. The summed E-state index contributed by atoms with van der Waals surface area (Å²) in [5.41, 5.74) is 4.05. The van der Waals surface area contributed by atoms with Gasteiger partial charge in [-0.3, -0.25) is 9.89 Å². The second-order valence-corrected chi connectivity index (χ2v) is 8.05. The van der Waals surface area contributed by atoms with E-state index in [2.05, 4.69) is 15.5 Å². The number of fused-ring (bicyclic) bond motifs is 1. The van der Waals surface area contributed by atoms with Crippen molar-refractivity contribution in [2.75, 3.05) is 33.3 Å². The summed E-state index contributed by atoms with van der Waals surface area (Å²) >= 11 is 0. The summed E-state index contributed by atoms with van der Waals surface area (Å²) in [6.45, 7) is 2.80. The molecule has 0 saturated carbocycles. The molecule has 0 unspecified atom stereocenters. The van der Waals surface area contributed by atoms with Crippen LogP contribution in [0.1, 0.15) is 21.6 Å². The van der Waals surface area contributed by atoms with E-state index < -0.39 is 0 Å². The average molecular weight is 456 g/mol. The maximum Gasteiger partial charge on any atom is 0.254 e. The molecule has 8 heteroatoms. The van der Waals surface area contributed by atoms with Gasteiger partial charge in [0.05, 0.1) is 29.4 Å². The lowest BCUT2D eigenvalue weighted by Gasteiger charge is -2.27. The highest BCUT2D eigenvalue weighted by molar-refractivity contribution is 6.09. The fraction of sp³-hybridized carbons (Fsp3) is 0.192. The highest BCUT2D eigenvalue weighted by Gasteiger charge is 2.24. The van der Waals surface area contributed by atoms with Gasteiger partial charge in [-0.25, -0.2) is 4.98 Å². The van der Waals surface area contributed by atoms with Crippen LogP contribution in [0.25, 0.3) is 34.4 Å². The largest absolute Gasteiger partial charge is 0.508 e. The number of carbonyl (C=O) groups excluding carboxylic acids is 1. The zero-order chi connectivity index (χ0) is 23.5. The van der Waals surface area contributed by atoms with E-state index in [9.17, 15) is 9.90 Å². The van der Waals surface area contributed by atoms with Crippen LogP contribution in [-0.2, 0) is 0 Å². The number of rotatable bonds is 5. The summed E-state index contributed by atoms with van der Waals surface area (Å²) in [4.78, 5) is 20.2. The van der Waals surface area contributed by atoms with Crippen molar-refractivity contribution in [1.82, 2.24) is 25.4 Å². The van der Waals surface area contributed by atoms with E-state index in [1.54, 1.807) is 31.4 Å². The van der Waals surface area contributed by atoms with Gasteiger partial charge in [0.15, 0.2) is 5.65 Å². The van der Waals surface area contributed by atoms with Gasteiger partial charge < -0.3 is 20.1 Å². The number of aromatic nitrogens is 3. The summed E-state index contributed by atoms with van der Waals surface area (Å²) in [7, 11) is 1.63. The molecule has 1 aliphatic heterocycles. The number of methoxy groups -OCH3 is 1. The molecule has 0 radical (unpaired) electrons. The van der Waals surface area contributed by atoms with Crippen molar-refractivity contribution in [3.63, 3.8) is 0 Å². The van der Waals surface area contributed by atoms with Gasteiger partial charge >= 0.3 is 0 Å². The van der Waals surface area contributed by atoms with Gasteiger partial charge in [0.1, 0.15) is 11.5 Å². The number of nitrogens with one attached hydrogen (secondary N) is 2. The van der Waals surface area contributed by atoms with Gasteiger partial charge in [-0.05, 0) is 48.6 Å². The highest BCUT2D eigenvalue weighted by atomic mass is 16.5.